The number of nitro groups is 2. The fraction of sp³-hybridized carbons (Fsp3) is 0.462. The molecule has 1 aromatic heterocycles. The molecule has 0 unspecified atom stereocenters. The van der Waals surface area contributed by atoms with Gasteiger partial charge in [-0.25, -0.2) is 13.4 Å². The van der Waals surface area contributed by atoms with E-state index in [9.17, 15) is 28.6 Å². The number of nitrogen functional groups attached to an aromatic ring is 1. The first-order valence-corrected chi connectivity index (χ1v) is 39.2. The van der Waals surface area contributed by atoms with Gasteiger partial charge in [0.2, 0.25) is 5.95 Å². The maximum Gasteiger partial charge on any atom is 0.490 e. The van der Waals surface area contributed by atoms with Gasteiger partial charge in [-0.2, -0.15) is 4.98 Å². The predicted octanol–water partition coefficient (Wildman–Crippen LogP) is 21.1. The molecule has 13 rings (SSSR count). The second kappa shape index (κ2) is 43.7. The highest BCUT2D eigenvalue weighted by Gasteiger charge is 2.52. The Hall–Kier alpha value is -8.96. The highest BCUT2D eigenvalue weighted by Crippen LogP contribution is 2.43. The first kappa shape index (κ1) is 46.5. The van der Waals surface area contributed by atoms with Gasteiger partial charge in [0, 0.05) is 126 Å². The van der Waals surface area contributed by atoms with E-state index in [0.29, 0.717) is 37.8 Å². The van der Waals surface area contributed by atoms with Crippen molar-refractivity contribution in [3.63, 3.8) is 0 Å². The predicted molar refractivity (Wildman–Crippen MR) is 490 cm³/mol. The van der Waals surface area contributed by atoms with E-state index < -0.39 is 239 Å². The Balaban J connectivity index is 0.000000244. The second-order valence-corrected chi connectivity index (χ2v) is 31.2. The lowest BCUT2D eigenvalue weighted by Gasteiger charge is -2.32. The standard InChI is InChI=1S/C28H36ClN5O3S.C22H26N2O3.C18H26BNO2.C15H24N2O.C10H12BrNO3/c1-17(2)37-25-15-21(20-10-12-30-13-11-20)19(5)14-24(25)33-28-31-16-22(29)27(34-28)32-23-8-6-7-9-26(23)38(35,36)18(3)4;1-16(2)27-22-14-20(17(3)13-21(22)24(25)26)19-9-11-23(12-10-19)15-18-7-5-4-6-8-18;1-17(2)18(3,4)22-19(21-17)16-10-12-20(13-11-16)14-15-8-6-5-7-9-15;1-10(2)18-15-9-13(11(3)8-14(15)16)12-4-6-17-7-5-12;1-6(2)15-10-5-8(11)7(3)4-9(10)12(13)14/h6-9,14-18,20,30H,10-13H2,1-5H3,(H2,31,32,33,34);4-9,13-14,16H,10-12,15H2,1-3H3;5-10H,11-14H2,1-4H3;8-10,12,17H,4-7,16H2,1-3H3;4-6H,1-3H3/i1D3,2D3,3D3,4D3,12D2,13D2,17D,18D;1D3,2D3,11D2,12D2,16D;12D2,13D2;1D3,2D3,6D2,7D2,10D;1D3,2D3,6D. The Labute approximate surface area is 796 Å². The van der Waals surface area contributed by atoms with Crippen LogP contribution in [0.4, 0.5) is 40.2 Å². The van der Waals surface area contributed by atoms with Crippen LogP contribution >= 0.6 is 27.5 Å². The molecule has 120 heavy (non-hydrogen) atoms. The zero-order chi connectivity index (χ0) is 131. The molecular weight excluding hydrogens is 1620 g/mol. The average molecular weight is 1800 g/mol. The second-order valence-electron chi connectivity index (χ2n) is 28.1. The molecule has 6 N–H and O–H groups in total. The van der Waals surface area contributed by atoms with Crippen LogP contribution in [0.25, 0.3) is 5.57 Å². The van der Waals surface area contributed by atoms with Gasteiger partial charge in [-0.05, 0) is 304 Å². The first-order chi connectivity index (χ1) is 76.6. The molecule has 27 heteroatoms. The Morgan fingerprint density at radius 3 is 1.63 bits per heavy atom. The molecule has 5 aliphatic heterocycles. The lowest BCUT2D eigenvalue weighted by Crippen LogP contribution is -2.41. The Kier molecular flexibility index (Phi) is 16.9. The zero-order valence-electron chi connectivity index (χ0n) is 117. The largest absolute Gasteiger partial charge is 0.490 e. The van der Waals surface area contributed by atoms with E-state index in [1.807, 2.05) is 58.0 Å². The minimum absolute atomic E-state index is 0.0379. The van der Waals surface area contributed by atoms with Gasteiger partial charge < -0.3 is 55.3 Å². The highest BCUT2D eigenvalue weighted by molar-refractivity contribution is 9.10. The number of anilines is 5. The number of nitro benzene ring substituents is 2. The molecule has 7 aromatic carbocycles. The third-order valence-electron chi connectivity index (χ3n) is 18.9. The first-order valence-electron chi connectivity index (χ1n) is 62.0. The molecule has 0 radical (unpaired) electrons. The number of nitrogens with zero attached hydrogens (tertiary/aromatic N) is 6. The Morgan fingerprint density at radius 1 is 0.625 bits per heavy atom. The molecule has 3 fully saturated rings. The zero-order valence-corrected chi connectivity index (χ0v) is 69.3. The molecule has 5 aliphatic rings. The molecule has 0 amide bonds. The monoisotopic (exact) mass is 1800 g/mol. The minimum Gasteiger partial charge on any atom is -0.489 e. The van der Waals surface area contributed by atoms with E-state index in [-0.39, 0.29) is 108 Å². The third-order valence-corrected chi connectivity index (χ3v) is 21.5. The lowest BCUT2D eigenvalue weighted by molar-refractivity contribution is -0.386. The van der Waals surface area contributed by atoms with E-state index in [1.165, 1.54) is 48.2 Å². The van der Waals surface area contributed by atoms with Crippen LogP contribution in [-0.4, -0.2) is 138 Å². The molecular formula is C93H124BBrClN11O12S. The van der Waals surface area contributed by atoms with Crippen LogP contribution in [0.3, 0.4) is 0 Å². The smallest absolute Gasteiger partial charge is 0.489 e. The van der Waals surface area contributed by atoms with Gasteiger partial charge in [0.15, 0.2) is 27.2 Å². The highest BCUT2D eigenvalue weighted by atomic mass is 79.9. The number of halogens is 2. The molecule has 0 atom stereocenters. The fourth-order valence-electron chi connectivity index (χ4n) is 12.2. The topological polar surface area (TPSA) is 282 Å². The summed E-state index contributed by atoms with van der Waals surface area (Å²) in [5.74, 6) is -4.51. The van der Waals surface area contributed by atoms with Crippen molar-refractivity contribution in [3.8, 4) is 23.0 Å². The minimum atomic E-state index is -5.52. The van der Waals surface area contributed by atoms with Crippen LogP contribution < -0.4 is 45.9 Å². The van der Waals surface area contributed by atoms with Crippen LogP contribution in [0.1, 0.15) is 267 Å². The maximum absolute atomic E-state index is 13.7. The van der Waals surface area contributed by atoms with Crippen molar-refractivity contribution in [1.82, 2.24) is 30.4 Å². The van der Waals surface area contributed by atoms with Crippen molar-refractivity contribution in [1.29, 1.82) is 0 Å². The van der Waals surface area contributed by atoms with Crippen LogP contribution in [-0.2, 0) is 32.2 Å². The van der Waals surface area contributed by atoms with Crippen LogP contribution in [0.15, 0.2) is 167 Å². The molecule has 0 spiro atoms. The van der Waals surface area contributed by atoms with Gasteiger partial charge in [0.1, 0.15) is 16.5 Å². The van der Waals surface area contributed by atoms with Crippen molar-refractivity contribution in [2.24, 2.45) is 0 Å². The number of aromatic nitrogens is 2. The van der Waals surface area contributed by atoms with E-state index in [0.717, 1.165) is 65.2 Å². The SMILES string of the molecule is [2H]C([2H])([2H])C([2H])(Oc1cc(Br)c(C)cc1[N+](=O)[O-])C([2H])([2H])[2H].[2H]C1([2H])C=C(B2OC(C)(C)C(C)(C)O2)CC([2H])([2H])N1Cc1ccccc1.[2H]C1([2H])C=C(c2cc(OC([2H])(C([2H])([2H])[2H])C([2H])([2H])[2H])c([N+](=O)[O-])cc2C)CC([2H])([2H])N1Cc1ccccc1.[2H]C1([2H])CC(c2cc(OC([2H])(C([2H])([2H])[2H])C([2H])([2H])[2H])c(N)cc2C)CC([2H])([2H])N1.[2H]C1([2H])CC(c2cc(OC([2H])(C([2H])([2H])[2H])C([2H])([2H])[2H])c(Nc3ncc(Cl)c(Nc4ccccc4S(=O)(=O)C([2H])(C([2H])([2H])[2H])C([2H])([2H])[2H])n3)cc2C)CC([2H])([2H])N1. The number of nitrogens with two attached hydrogens (primary N) is 1. The molecule has 23 nitrogen and oxygen atoms in total. The van der Waals surface area contributed by atoms with E-state index in [4.69, 9.17) is 115 Å². The number of ether oxygens (including phenoxy) is 4. The van der Waals surface area contributed by atoms with Gasteiger partial charge in [-0.3, -0.25) is 30.0 Å². The Morgan fingerprint density at radius 2 is 1.11 bits per heavy atom. The van der Waals surface area contributed by atoms with E-state index >= 15 is 0 Å². The summed E-state index contributed by atoms with van der Waals surface area (Å²) >= 11 is 9.42. The maximum atomic E-state index is 13.7. The fourth-order valence-corrected chi connectivity index (χ4v) is 13.5. The van der Waals surface area contributed by atoms with Gasteiger partial charge >= 0.3 is 18.5 Å². The number of nitrogens with one attached hydrogen (secondary N) is 4. The number of sulfone groups is 1. The summed E-state index contributed by atoms with van der Waals surface area (Å²) in [4.78, 5) is 30.6. The van der Waals surface area contributed by atoms with E-state index in [2.05, 4.69) is 47.2 Å². The summed E-state index contributed by atoms with van der Waals surface area (Å²) in [6, 6.07) is 31.9. The summed E-state index contributed by atoms with van der Waals surface area (Å²) in [7, 11) is -6.25. The molecule has 6 heterocycles. The number of piperidine rings is 2. The van der Waals surface area contributed by atoms with Crippen LogP contribution in [0.2, 0.25) is 5.02 Å². The third kappa shape index (κ3) is 26.8. The van der Waals surface area contributed by atoms with Crippen LogP contribution in [0, 0.1) is 47.9 Å². The summed E-state index contributed by atoms with van der Waals surface area (Å²) < 4.78 is 461. The van der Waals surface area contributed by atoms with Crippen molar-refractivity contribution in [3.05, 3.63) is 237 Å². The average Bonchev–Trinajstić information content (AvgIpc) is 0.732. The number of hydrogen-bond acceptors (Lipinski definition) is 21. The van der Waals surface area contributed by atoms with Crippen molar-refractivity contribution >= 4 is 90.3 Å². The summed E-state index contributed by atoms with van der Waals surface area (Å²) in [6.45, 7) is -37.7. The Bertz CT molecular complexity index is 7150. The number of para-hydroxylation sites is 1. The summed E-state index contributed by atoms with van der Waals surface area (Å²) in [5.41, 5.74) is 7.27. The number of rotatable bonds is 24. The van der Waals surface area contributed by atoms with Crippen molar-refractivity contribution < 1.29 is 116 Å². The quantitative estimate of drug-likeness (QED) is 0.0163. The van der Waals surface area contributed by atoms with Gasteiger partial charge in [-0.15, -0.1) is 0 Å². The number of benzene rings is 7. The molecule has 646 valence electrons. The molecule has 3 saturated heterocycles. The summed E-state index contributed by atoms with van der Waals surface area (Å²) in [5, 5.41) is 28.3. The number of aryl methyl sites for hydroxylation is 4. The molecule has 8 aromatic rings. The lowest BCUT2D eigenvalue weighted by atomic mass is 9.74. The van der Waals surface area contributed by atoms with E-state index in [1.54, 1.807) is 51.1 Å². The van der Waals surface area contributed by atoms with Gasteiger partial charge in [-0.1, -0.05) is 112 Å². The summed E-state index contributed by atoms with van der Waals surface area (Å²) in [6.07, 6.45) is -11.0. The molecule has 0 saturated carbocycles. The van der Waals surface area contributed by atoms with Gasteiger partial charge in [0.05, 0.1) is 84.2 Å². The van der Waals surface area contributed by atoms with Crippen molar-refractivity contribution in [2.75, 3.05) is 68.3 Å². The molecule has 0 aliphatic carbocycles. The normalized spacial score (nSPS) is 27.4. The molecule has 0 bridgehead atoms. The van der Waals surface area contributed by atoms with Gasteiger partial charge in [0.25, 0.3) is 0 Å². The van der Waals surface area contributed by atoms with Crippen molar-refractivity contribution in [2.45, 2.75) is 233 Å². The van der Waals surface area contributed by atoms with Crippen LogP contribution in [0.5, 0.6) is 23.0 Å². The number of hydrogen-bond donors (Lipinski definition) is 5.